The summed E-state index contributed by atoms with van der Waals surface area (Å²) in [6.45, 7) is 4.45. The number of hydrogen-bond acceptors (Lipinski definition) is 8. The van der Waals surface area contributed by atoms with Crippen LogP contribution < -0.4 is 0 Å². The molecule has 1 aromatic heterocycles. The highest BCUT2D eigenvalue weighted by molar-refractivity contribution is 8.18. The molecule has 4 heterocycles. The van der Waals surface area contributed by atoms with Crippen molar-refractivity contribution in [3.63, 3.8) is 0 Å². The van der Waals surface area contributed by atoms with E-state index in [0.29, 0.717) is 72.5 Å². The van der Waals surface area contributed by atoms with Gasteiger partial charge in [0.25, 0.3) is 5.91 Å². The minimum absolute atomic E-state index is 0.135. The zero-order chi connectivity index (χ0) is 31.4. The van der Waals surface area contributed by atoms with Gasteiger partial charge in [-0.2, -0.15) is 14.4 Å². The molecule has 3 aliphatic heterocycles. The normalized spacial score (nSPS) is 19.5. The van der Waals surface area contributed by atoms with Crippen LogP contribution in [0.15, 0.2) is 75.6 Å². The van der Waals surface area contributed by atoms with Crippen LogP contribution in [0.1, 0.15) is 51.0 Å². The Morgan fingerprint density at radius 2 is 1.73 bits per heavy atom. The predicted molar refractivity (Wildman–Crippen MR) is 175 cm³/mol. The van der Waals surface area contributed by atoms with Crippen LogP contribution in [0.4, 0.5) is 0 Å². The van der Waals surface area contributed by atoms with Gasteiger partial charge in [-0.15, -0.1) is 0 Å². The molecule has 12 heteroatoms. The number of para-hydroxylation sites is 1. The Morgan fingerprint density at radius 3 is 2.44 bits per heavy atom. The lowest BCUT2D eigenvalue weighted by atomic mass is 9.97. The first-order valence-electron chi connectivity index (χ1n) is 15.5. The predicted octanol–water partition coefficient (Wildman–Crippen LogP) is 5.35. The SMILES string of the molecule is CCOC(=O)C1CCN(C2=NC(=O)/C(=C/c3cn(-c4ccccc4)nc3-c3cccc(S(=O)(=O)N4CCCCCC4)c3)S2)CC1. The van der Waals surface area contributed by atoms with E-state index >= 15 is 0 Å². The van der Waals surface area contributed by atoms with Crippen molar-refractivity contribution in [2.75, 3.05) is 32.8 Å². The first kappa shape index (κ1) is 31.3. The largest absolute Gasteiger partial charge is 0.466 e. The van der Waals surface area contributed by atoms with Crippen molar-refractivity contribution in [3.05, 3.63) is 71.3 Å². The van der Waals surface area contributed by atoms with E-state index < -0.39 is 10.0 Å². The summed E-state index contributed by atoms with van der Waals surface area (Å²) in [5.74, 6) is -0.635. The van der Waals surface area contributed by atoms with E-state index in [4.69, 9.17) is 9.84 Å². The minimum Gasteiger partial charge on any atom is -0.466 e. The Hall–Kier alpha value is -3.74. The van der Waals surface area contributed by atoms with Gasteiger partial charge in [-0.25, -0.2) is 13.1 Å². The third kappa shape index (κ3) is 6.92. The highest BCUT2D eigenvalue weighted by atomic mass is 32.2. The second kappa shape index (κ2) is 13.7. The van der Waals surface area contributed by atoms with Gasteiger partial charge in [0, 0.05) is 43.5 Å². The molecule has 1 amide bonds. The van der Waals surface area contributed by atoms with Crippen molar-refractivity contribution in [1.29, 1.82) is 0 Å². The van der Waals surface area contributed by atoms with Crippen molar-refractivity contribution in [2.45, 2.75) is 50.3 Å². The van der Waals surface area contributed by atoms with E-state index in [2.05, 4.69) is 4.99 Å². The molecule has 10 nitrogen and oxygen atoms in total. The number of benzene rings is 2. The highest BCUT2D eigenvalue weighted by Crippen LogP contribution is 2.35. The maximum absolute atomic E-state index is 13.6. The summed E-state index contributed by atoms with van der Waals surface area (Å²) in [4.78, 5) is 32.4. The van der Waals surface area contributed by atoms with Gasteiger partial charge >= 0.3 is 5.97 Å². The number of nitrogens with zero attached hydrogens (tertiary/aromatic N) is 5. The number of carbonyl (C=O) groups is 2. The fraction of sp³-hybridized carbons (Fsp3) is 0.394. The maximum Gasteiger partial charge on any atom is 0.309 e. The molecular weight excluding hydrogens is 611 g/mol. The van der Waals surface area contributed by atoms with Crippen LogP contribution >= 0.6 is 11.8 Å². The molecule has 0 N–H and O–H groups in total. The molecule has 0 bridgehead atoms. The monoisotopic (exact) mass is 647 g/mol. The summed E-state index contributed by atoms with van der Waals surface area (Å²) in [5, 5.41) is 5.49. The molecule has 2 aromatic carbocycles. The van der Waals surface area contributed by atoms with E-state index in [9.17, 15) is 18.0 Å². The number of aliphatic imine (C=N–C) groups is 1. The minimum atomic E-state index is -3.67. The number of amidine groups is 1. The lowest BCUT2D eigenvalue weighted by Gasteiger charge is -2.31. The van der Waals surface area contributed by atoms with Crippen LogP contribution in [-0.4, -0.2) is 77.2 Å². The number of likely N-dealkylation sites (tertiary alicyclic amines) is 1. The Balaban J connectivity index is 1.29. The lowest BCUT2D eigenvalue weighted by molar-refractivity contribution is -0.149. The quantitative estimate of drug-likeness (QED) is 0.249. The number of esters is 1. The molecule has 0 aliphatic carbocycles. The molecule has 236 valence electrons. The molecule has 0 atom stereocenters. The van der Waals surface area contributed by atoms with Crippen LogP contribution in [0.3, 0.4) is 0 Å². The van der Waals surface area contributed by atoms with Crippen molar-refractivity contribution in [1.82, 2.24) is 19.0 Å². The molecular formula is C33H37N5O5S2. The maximum atomic E-state index is 13.6. The smallest absolute Gasteiger partial charge is 0.309 e. The number of hydrogen-bond donors (Lipinski definition) is 0. The number of aromatic nitrogens is 2. The fourth-order valence-electron chi connectivity index (χ4n) is 5.91. The summed E-state index contributed by atoms with van der Waals surface area (Å²) in [5.41, 5.74) is 2.72. The van der Waals surface area contributed by atoms with Crippen molar-refractivity contribution < 1.29 is 22.7 Å². The van der Waals surface area contributed by atoms with Crippen molar-refractivity contribution in [2.24, 2.45) is 10.9 Å². The zero-order valence-corrected chi connectivity index (χ0v) is 26.9. The summed E-state index contributed by atoms with van der Waals surface area (Å²) in [7, 11) is -3.67. The third-order valence-corrected chi connectivity index (χ3v) is 11.3. The average Bonchev–Trinajstić information content (AvgIpc) is 3.53. The molecule has 0 unspecified atom stereocenters. The van der Waals surface area contributed by atoms with Crippen LogP contribution in [0, 0.1) is 5.92 Å². The van der Waals surface area contributed by atoms with Crippen LogP contribution in [-0.2, 0) is 24.3 Å². The number of sulfonamides is 1. The van der Waals surface area contributed by atoms with Gasteiger partial charge in [0.1, 0.15) is 5.69 Å². The van der Waals surface area contributed by atoms with Gasteiger partial charge in [0.2, 0.25) is 10.0 Å². The summed E-state index contributed by atoms with van der Waals surface area (Å²) >= 11 is 1.31. The molecule has 2 saturated heterocycles. The lowest BCUT2D eigenvalue weighted by Crippen LogP contribution is -2.39. The van der Waals surface area contributed by atoms with E-state index in [0.717, 1.165) is 31.4 Å². The number of ether oxygens (including phenoxy) is 1. The number of rotatable bonds is 7. The molecule has 2 fully saturated rings. The van der Waals surface area contributed by atoms with E-state index in [1.807, 2.05) is 47.5 Å². The van der Waals surface area contributed by atoms with Crippen molar-refractivity contribution in [3.8, 4) is 16.9 Å². The van der Waals surface area contributed by atoms with Gasteiger partial charge < -0.3 is 9.64 Å². The Morgan fingerprint density at radius 1 is 1.00 bits per heavy atom. The molecule has 0 radical (unpaired) electrons. The second-order valence-corrected chi connectivity index (χ2v) is 14.3. The molecule has 3 aliphatic rings. The van der Waals surface area contributed by atoms with E-state index in [-0.39, 0.29) is 22.7 Å². The average molecular weight is 648 g/mol. The van der Waals surface area contributed by atoms with Crippen LogP contribution in [0.25, 0.3) is 23.0 Å². The number of carbonyl (C=O) groups excluding carboxylic acids is 2. The first-order chi connectivity index (χ1) is 21.8. The van der Waals surface area contributed by atoms with E-state index in [1.165, 1.54) is 11.8 Å². The molecule has 0 spiro atoms. The zero-order valence-electron chi connectivity index (χ0n) is 25.3. The van der Waals surface area contributed by atoms with E-state index in [1.54, 1.807) is 40.2 Å². The second-order valence-electron chi connectivity index (χ2n) is 11.4. The molecule has 0 saturated carbocycles. The summed E-state index contributed by atoms with van der Waals surface area (Å²) in [6.07, 6.45) is 8.72. The fourth-order valence-corrected chi connectivity index (χ4v) is 8.43. The van der Waals surface area contributed by atoms with Gasteiger partial charge in [-0.1, -0.05) is 43.2 Å². The van der Waals surface area contributed by atoms with Gasteiger partial charge in [0.15, 0.2) is 5.17 Å². The van der Waals surface area contributed by atoms with Gasteiger partial charge in [-0.3, -0.25) is 9.59 Å². The molecule has 45 heavy (non-hydrogen) atoms. The molecule has 6 rings (SSSR count). The number of amides is 1. The Kier molecular flexibility index (Phi) is 9.53. The van der Waals surface area contributed by atoms with Crippen LogP contribution in [0.5, 0.6) is 0 Å². The Labute approximate surface area is 268 Å². The number of piperidine rings is 1. The van der Waals surface area contributed by atoms with Crippen molar-refractivity contribution >= 4 is 44.9 Å². The number of thioether (sulfide) groups is 1. The van der Waals surface area contributed by atoms with Gasteiger partial charge in [0.05, 0.1) is 28.0 Å². The standard InChI is InChI=1S/C33H37N5O5S2/c1-2-43-32(40)24-15-19-36(20-16-24)33-34-31(39)29(44-33)22-26-23-38(27-12-6-5-7-13-27)35-30(26)25-11-10-14-28(21-25)45(41,42)37-17-8-3-4-9-18-37/h5-7,10-14,21-24H,2-4,8-9,15-20H2,1H3/b29-22-. The van der Waals surface area contributed by atoms with Crippen LogP contribution in [0.2, 0.25) is 0 Å². The summed E-state index contributed by atoms with van der Waals surface area (Å²) in [6, 6.07) is 16.5. The third-order valence-electron chi connectivity index (χ3n) is 8.35. The first-order valence-corrected chi connectivity index (χ1v) is 17.8. The van der Waals surface area contributed by atoms with Gasteiger partial charge in [-0.05, 0) is 74.7 Å². The topological polar surface area (TPSA) is 114 Å². The Bertz CT molecular complexity index is 1720. The summed E-state index contributed by atoms with van der Waals surface area (Å²) < 4.78 is 35.8. The highest BCUT2D eigenvalue weighted by Gasteiger charge is 2.32. The molecule has 3 aromatic rings.